The van der Waals surface area contributed by atoms with E-state index < -0.39 is 0 Å². The van der Waals surface area contributed by atoms with E-state index in [0.29, 0.717) is 23.6 Å². The summed E-state index contributed by atoms with van der Waals surface area (Å²) in [7, 11) is 4.92. The second kappa shape index (κ2) is 6.10. The lowest BCUT2D eigenvalue weighted by molar-refractivity contribution is 0.0948. The maximum absolute atomic E-state index is 12.1. The van der Waals surface area contributed by atoms with E-state index >= 15 is 0 Å². The molecule has 6 nitrogen and oxygen atoms in total. The third kappa shape index (κ3) is 3.09. The number of nitrogens with zero attached hydrogens (tertiary/aromatic N) is 2. The Bertz CT molecular complexity index is 607. The molecule has 1 heterocycles. The Balaban J connectivity index is 2.08. The quantitative estimate of drug-likeness (QED) is 0.895. The molecule has 0 saturated carbocycles. The SMILES string of the molecule is COc1ccc(C(=O)NCc2cnn(C)c2)c(OC)c1. The number of aromatic nitrogens is 2. The van der Waals surface area contributed by atoms with Crippen LogP contribution in [-0.4, -0.2) is 29.9 Å². The van der Waals surface area contributed by atoms with Gasteiger partial charge in [0.2, 0.25) is 0 Å². The standard InChI is InChI=1S/C14H17N3O3/c1-17-9-10(8-16-17)7-15-14(18)12-5-4-11(19-2)6-13(12)20-3/h4-6,8-9H,7H2,1-3H3,(H,15,18). The van der Waals surface area contributed by atoms with Crippen molar-refractivity contribution in [2.75, 3.05) is 14.2 Å². The van der Waals surface area contributed by atoms with Crippen LogP contribution >= 0.6 is 0 Å². The molecule has 20 heavy (non-hydrogen) atoms. The molecule has 1 aromatic heterocycles. The number of carbonyl (C=O) groups excluding carboxylic acids is 1. The largest absolute Gasteiger partial charge is 0.497 e. The average molecular weight is 275 g/mol. The van der Waals surface area contributed by atoms with Crippen molar-refractivity contribution < 1.29 is 14.3 Å². The van der Waals surface area contributed by atoms with Crippen molar-refractivity contribution in [2.45, 2.75) is 6.54 Å². The van der Waals surface area contributed by atoms with Crippen LogP contribution in [0, 0.1) is 0 Å². The molecule has 0 saturated heterocycles. The summed E-state index contributed by atoms with van der Waals surface area (Å²) < 4.78 is 12.0. The first-order valence-corrected chi connectivity index (χ1v) is 6.11. The van der Waals surface area contributed by atoms with Gasteiger partial charge in [0.05, 0.1) is 26.0 Å². The van der Waals surface area contributed by atoms with Crippen molar-refractivity contribution in [1.82, 2.24) is 15.1 Å². The van der Waals surface area contributed by atoms with Crippen molar-refractivity contribution >= 4 is 5.91 Å². The first kappa shape index (κ1) is 13.9. The maximum Gasteiger partial charge on any atom is 0.255 e. The van der Waals surface area contributed by atoms with E-state index in [2.05, 4.69) is 10.4 Å². The van der Waals surface area contributed by atoms with Gasteiger partial charge in [-0.25, -0.2) is 0 Å². The third-order valence-electron chi connectivity index (χ3n) is 2.86. The molecule has 2 aromatic rings. The van der Waals surface area contributed by atoms with Crippen LogP contribution in [0.5, 0.6) is 11.5 Å². The Labute approximate surface area is 117 Å². The van der Waals surface area contributed by atoms with Crippen LogP contribution in [0.25, 0.3) is 0 Å². The fourth-order valence-electron chi connectivity index (χ4n) is 1.83. The predicted molar refractivity (Wildman–Crippen MR) is 73.9 cm³/mol. The highest BCUT2D eigenvalue weighted by Gasteiger charge is 2.13. The molecule has 1 amide bonds. The molecule has 0 aliphatic heterocycles. The minimum absolute atomic E-state index is 0.201. The van der Waals surface area contributed by atoms with Gasteiger partial charge < -0.3 is 14.8 Å². The Morgan fingerprint density at radius 2 is 2.15 bits per heavy atom. The number of hydrogen-bond acceptors (Lipinski definition) is 4. The van der Waals surface area contributed by atoms with E-state index in [0.717, 1.165) is 5.56 Å². The zero-order valence-corrected chi connectivity index (χ0v) is 11.7. The summed E-state index contributed by atoms with van der Waals surface area (Å²) in [6.07, 6.45) is 3.57. The lowest BCUT2D eigenvalue weighted by Crippen LogP contribution is -2.23. The molecule has 0 aliphatic carbocycles. The molecule has 0 atom stereocenters. The third-order valence-corrected chi connectivity index (χ3v) is 2.86. The molecule has 0 fully saturated rings. The number of amides is 1. The van der Waals surface area contributed by atoms with E-state index in [1.54, 1.807) is 36.2 Å². The van der Waals surface area contributed by atoms with Gasteiger partial charge in [0.1, 0.15) is 11.5 Å². The number of rotatable bonds is 5. The van der Waals surface area contributed by atoms with Crippen molar-refractivity contribution in [3.8, 4) is 11.5 Å². The van der Waals surface area contributed by atoms with Gasteiger partial charge in [-0.15, -0.1) is 0 Å². The zero-order chi connectivity index (χ0) is 14.5. The summed E-state index contributed by atoms with van der Waals surface area (Å²) in [5, 5.41) is 6.88. The number of hydrogen-bond donors (Lipinski definition) is 1. The van der Waals surface area contributed by atoms with Crippen molar-refractivity contribution in [2.24, 2.45) is 7.05 Å². The van der Waals surface area contributed by atoms with Crippen LogP contribution in [-0.2, 0) is 13.6 Å². The number of nitrogens with one attached hydrogen (secondary N) is 1. The summed E-state index contributed by atoms with van der Waals surface area (Å²) >= 11 is 0. The molecule has 0 unspecified atom stereocenters. The normalized spacial score (nSPS) is 10.2. The highest BCUT2D eigenvalue weighted by Crippen LogP contribution is 2.24. The molecule has 0 aliphatic rings. The first-order valence-electron chi connectivity index (χ1n) is 6.11. The van der Waals surface area contributed by atoms with Gasteiger partial charge in [0.15, 0.2) is 0 Å². The lowest BCUT2D eigenvalue weighted by Gasteiger charge is -2.10. The van der Waals surface area contributed by atoms with Crippen molar-refractivity contribution in [3.05, 3.63) is 41.7 Å². The molecule has 1 aromatic carbocycles. The predicted octanol–water partition coefficient (Wildman–Crippen LogP) is 1.37. The van der Waals surface area contributed by atoms with E-state index in [4.69, 9.17) is 9.47 Å². The molecule has 6 heteroatoms. The minimum Gasteiger partial charge on any atom is -0.497 e. The van der Waals surface area contributed by atoms with E-state index in [1.807, 2.05) is 13.2 Å². The lowest BCUT2D eigenvalue weighted by atomic mass is 10.1. The number of methoxy groups -OCH3 is 2. The monoisotopic (exact) mass is 275 g/mol. The molecule has 2 rings (SSSR count). The van der Waals surface area contributed by atoms with Gasteiger partial charge in [-0.3, -0.25) is 9.48 Å². The van der Waals surface area contributed by atoms with Crippen LogP contribution < -0.4 is 14.8 Å². The van der Waals surface area contributed by atoms with Gasteiger partial charge in [-0.1, -0.05) is 0 Å². The van der Waals surface area contributed by atoms with Crippen LogP contribution in [0.2, 0.25) is 0 Å². The molecule has 1 N–H and O–H groups in total. The Hall–Kier alpha value is -2.50. The number of aryl methyl sites for hydroxylation is 1. The maximum atomic E-state index is 12.1. The smallest absolute Gasteiger partial charge is 0.255 e. The molecule has 0 bridgehead atoms. The summed E-state index contributed by atoms with van der Waals surface area (Å²) in [4.78, 5) is 12.1. The summed E-state index contributed by atoms with van der Waals surface area (Å²) in [6, 6.07) is 5.08. The van der Waals surface area contributed by atoms with Gasteiger partial charge in [-0.05, 0) is 12.1 Å². The molecule has 106 valence electrons. The van der Waals surface area contributed by atoms with Crippen molar-refractivity contribution in [1.29, 1.82) is 0 Å². The zero-order valence-electron chi connectivity index (χ0n) is 11.7. The van der Waals surface area contributed by atoms with E-state index in [9.17, 15) is 4.79 Å². The number of benzene rings is 1. The molecule has 0 spiro atoms. The van der Waals surface area contributed by atoms with E-state index in [-0.39, 0.29) is 5.91 Å². The number of carbonyl (C=O) groups is 1. The van der Waals surface area contributed by atoms with Gasteiger partial charge in [-0.2, -0.15) is 5.10 Å². The number of ether oxygens (including phenoxy) is 2. The highest BCUT2D eigenvalue weighted by atomic mass is 16.5. The second-order valence-corrected chi connectivity index (χ2v) is 4.27. The van der Waals surface area contributed by atoms with Crippen LogP contribution in [0.1, 0.15) is 15.9 Å². The van der Waals surface area contributed by atoms with Gasteiger partial charge >= 0.3 is 0 Å². The molecule has 0 radical (unpaired) electrons. The first-order chi connectivity index (χ1) is 9.63. The van der Waals surface area contributed by atoms with E-state index in [1.165, 1.54) is 7.11 Å². The van der Waals surface area contributed by atoms with Crippen LogP contribution in [0.3, 0.4) is 0 Å². The Morgan fingerprint density at radius 3 is 2.75 bits per heavy atom. The van der Waals surface area contributed by atoms with Gasteiger partial charge in [0.25, 0.3) is 5.91 Å². The Morgan fingerprint density at radius 1 is 1.35 bits per heavy atom. The summed E-state index contributed by atoms with van der Waals surface area (Å²) in [5.74, 6) is 0.923. The minimum atomic E-state index is -0.201. The van der Waals surface area contributed by atoms with Crippen molar-refractivity contribution in [3.63, 3.8) is 0 Å². The fourth-order valence-corrected chi connectivity index (χ4v) is 1.83. The average Bonchev–Trinajstić information content (AvgIpc) is 2.89. The summed E-state index contributed by atoms with van der Waals surface area (Å²) in [5.41, 5.74) is 1.41. The highest BCUT2D eigenvalue weighted by molar-refractivity contribution is 5.97. The fraction of sp³-hybridized carbons (Fsp3) is 0.286. The van der Waals surface area contributed by atoms with Gasteiger partial charge in [0, 0.05) is 31.4 Å². The summed E-state index contributed by atoms with van der Waals surface area (Å²) in [6.45, 7) is 0.419. The van der Waals surface area contributed by atoms with Crippen LogP contribution in [0.15, 0.2) is 30.6 Å². The second-order valence-electron chi connectivity index (χ2n) is 4.27. The molecular formula is C14H17N3O3. The topological polar surface area (TPSA) is 65.4 Å². The Kier molecular flexibility index (Phi) is 4.24. The van der Waals surface area contributed by atoms with Crippen LogP contribution in [0.4, 0.5) is 0 Å². The molecular weight excluding hydrogens is 258 g/mol.